The molecule has 4 heteroatoms. The molecule has 1 aromatic heterocycles. The quantitative estimate of drug-likeness (QED) is 0.919. The van der Waals surface area contributed by atoms with Crippen LogP contribution in [-0.4, -0.2) is 47.6 Å². The van der Waals surface area contributed by atoms with Gasteiger partial charge in [0.2, 0.25) is 0 Å². The zero-order valence-corrected chi connectivity index (χ0v) is 13.3. The molecule has 1 aliphatic rings. The number of hydrogen-bond acceptors (Lipinski definition) is 4. The molecule has 0 aliphatic carbocycles. The molecule has 1 aromatic rings. The van der Waals surface area contributed by atoms with E-state index in [0.717, 1.165) is 38.4 Å². The van der Waals surface area contributed by atoms with Crippen LogP contribution in [-0.2, 0) is 0 Å². The summed E-state index contributed by atoms with van der Waals surface area (Å²) >= 11 is 0. The Morgan fingerprint density at radius 1 is 1.25 bits per heavy atom. The highest BCUT2D eigenvalue weighted by Gasteiger charge is 2.33. The van der Waals surface area contributed by atoms with Crippen LogP contribution in [0.3, 0.4) is 0 Å². The van der Waals surface area contributed by atoms with E-state index in [4.69, 9.17) is 10.2 Å². The van der Waals surface area contributed by atoms with Crippen molar-refractivity contribution in [2.75, 3.05) is 26.2 Å². The number of piperazine rings is 1. The lowest BCUT2D eigenvalue weighted by Gasteiger charge is -2.45. The molecule has 0 radical (unpaired) electrons. The lowest BCUT2D eigenvalue weighted by molar-refractivity contribution is 0.0298. The highest BCUT2D eigenvalue weighted by atomic mass is 16.3. The van der Waals surface area contributed by atoms with Gasteiger partial charge < -0.3 is 10.2 Å². The highest BCUT2D eigenvalue weighted by molar-refractivity contribution is 5.08. The summed E-state index contributed by atoms with van der Waals surface area (Å²) in [7, 11) is 0. The predicted octanol–water partition coefficient (Wildman–Crippen LogP) is 2.47. The molecule has 0 amide bonds. The van der Waals surface area contributed by atoms with Crippen molar-refractivity contribution in [3.8, 4) is 0 Å². The summed E-state index contributed by atoms with van der Waals surface area (Å²) in [5.41, 5.74) is 6.59. The van der Waals surface area contributed by atoms with E-state index in [2.05, 4.69) is 43.6 Å². The molecule has 1 fully saturated rings. The number of rotatable bonds is 4. The van der Waals surface area contributed by atoms with Gasteiger partial charge in [0.05, 0.1) is 12.3 Å². The maximum Gasteiger partial charge on any atom is 0.122 e. The number of nitrogens with two attached hydrogens (primary N) is 1. The summed E-state index contributed by atoms with van der Waals surface area (Å²) in [6.07, 6.45) is 2.71. The fourth-order valence-electron chi connectivity index (χ4n) is 3.02. The molecule has 0 saturated carbocycles. The maximum atomic E-state index is 6.34. The van der Waals surface area contributed by atoms with Crippen LogP contribution in [0.25, 0.3) is 0 Å². The Morgan fingerprint density at radius 3 is 2.35 bits per heavy atom. The van der Waals surface area contributed by atoms with Gasteiger partial charge in [-0.1, -0.05) is 6.92 Å². The minimum atomic E-state index is 0.127. The third-order valence-electron chi connectivity index (χ3n) is 4.37. The van der Waals surface area contributed by atoms with E-state index in [1.807, 2.05) is 6.07 Å². The van der Waals surface area contributed by atoms with Crippen molar-refractivity contribution in [3.63, 3.8) is 0 Å². The standard InChI is InChI=1S/C16H29N3O/c1-5-13(17)15(14-7-6-12-20-14)18-8-10-19(11-9-18)16(2,3)4/h6-7,12-13,15H,5,8-11,17H2,1-4H3. The molecule has 20 heavy (non-hydrogen) atoms. The van der Waals surface area contributed by atoms with Gasteiger partial charge in [-0.15, -0.1) is 0 Å². The van der Waals surface area contributed by atoms with E-state index < -0.39 is 0 Å². The van der Waals surface area contributed by atoms with Gasteiger partial charge in [-0.3, -0.25) is 9.80 Å². The fourth-order valence-corrected chi connectivity index (χ4v) is 3.02. The second-order valence-electron chi connectivity index (χ2n) is 6.73. The van der Waals surface area contributed by atoms with Gasteiger partial charge >= 0.3 is 0 Å². The van der Waals surface area contributed by atoms with Crippen molar-refractivity contribution < 1.29 is 4.42 Å². The van der Waals surface area contributed by atoms with Crippen LogP contribution in [0, 0.1) is 0 Å². The van der Waals surface area contributed by atoms with E-state index in [1.165, 1.54) is 0 Å². The average molecular weight is 279 g/mol. The normalized spacial score (nSPS) is 21.9. The first kappa shape index (κ1) is 15.5. The van der Waals surface area contributed by atoms with Crippen LogP contribution >= 0.6 is 0 Å². The molecule has 0 bridgehead atoms. The van der Waals surface area contributed by atoms with Gasteiger partial charge in [0.15, 0.2) is 0 Å². The zero-order chi connectivity index (χ0) is 14.8. The van der Waals surface area contributed by atoms with Gasteiger partial charge in [0, 0.05) is 37.8 Å². The molecule has 0 spiro atoms. The summed E-state index contributed by atoms with van der Waals surface area (Å²) < 4.78 is 5.63. The topological polar surface area (TPSA) is 45.6 Å². The molecule has 2 N–H and O–H groups in total. The smallest absolute Gasteiger partial charge is 0.122 e. The van der Waals surface area contributed by atoms with Gasteiger partial charge in [0.25, 0.3) is 0 Å². The third kappa shape index (κ3) is 3.43. The summed E-state index contributed by atoms with van der Waals surface area (Å²) in [4.78, 5) is 5.02. The van der Waals surface area contributed by atoms with Gasteiger partial charge in [-0.25, -0.2) is 0 Å². The van der Waals surface area contributed by atoms with Crippen LogP contribution < -0.4 is 5.73 Å². The zero-order valence-electron chi connectivity index (χ0n) is 13.3. The summed E-state index contributed by atoms with van der Waals surface area (Å²) in [5, 5.41) is 0. The predicted molar refractivity (Wildman–Crippen MR) is 82.6 cm³/mol. The Morgan fingerprint density at radius 2 is 1.90 bits per heavy atom. The Bertz CT molecular complexity index is 388. The van der Waals surface area contributed by atoms with E-state index in [0.29, 0.717) is 0 Å². The average Bonchev–Trinajstić information content (AvgIpc) is 2.92. The molecule has 2 atom stereocenters. The summed E-state index contributed by atoms with van der Waals surface area (Å²) in [6.45, 7) is 13.3. The fraction of sp³-hybridized carbons (Fsp3) is 0.750. The first-order chi connectivity index (χ1) is 9.43. The third-order valence-corrected chi connectivity index (χ3v) is 4.37. The van der Waals surface area contributed by atoms with Crippen molar-refractivity contribution in [2.45, 2.75) is 51.7 Å². The van der Waals surface area contributed by atoms with Crippen LogP contribution in [0.1, 0.15) is 45.9 Å². The second-order valence-corrected chi connectivity index (χ2v) is 6.73. The number of furan rings is 1. The SMILES string of the molecule is CCC(N)C(c1ccco1)N1CCN(C(C)(C)C)CC1. The monoisotopic (exact) mass is 279 g/mol. The van der Waals surface area contributed by atoms with Crippen LogP contribution in [0.15, 0.2) is 22.8 Å². The Kier molecular flexibility index (Phi) is 4.89. The van der Waals surface area contributed by atoms with Gasteiger partial charge in [-0.2, -0.15) is 0 Å². The second kappa shape index (κ2) is 6.29. The van der Waals surface area contributed by atoms with Crippen LogP contribution in [0.5, 0.6) is 0 Å². The van der Waals surface area contributed by atoms with E-state index >= 15 is 0 Å². The molecular formula is C16H29N3O. The lowest BCUT2D eigenvalue weighted by Crippen LogP contribution is -2.55. The lowest BCUT2D eigenvalue weighted by atomic mass is 9.99. The summed E-state index contributed by atoms with van der Waals surface area (Å²) in [5.74, 6) is 1.00. The summed E-state index contributed by atoms with van der Waals surface area (Å²) in [6, 6.07) is 4.34. The van der Waals surface area contributed by atoms with Crippen molar-refractivity contribution in [1.82, 2.24) is 9.80 Å². The number of nitrogens with zero attached hydrogens (tertiary/aromatic N) is 2. The first-order valence-electron chi connectivity index (χ1n) is 7.71. The molecule has 2 rings (SSSR count). The van der Waals surface area contributed by atoms with Crippen molar-refractivity contribution in [3.05, 3.63) is 24.2 Å². The molecule has 114 valence electrons. The molecule has 1 aliphatic heterocycles. The van der Waals surface area contributed by atoms with Crippen molar-refractivity contribution in [2.24, 2.45) is 5.73 Å². The minimum absolute atomic E-state index is 0.127. The molecule has 0 aromatic carbocycles. The van der Waals surface area contributed by atoms with Crippen molar-refractivity contribution in [1.29, 1.82) is 0 Å². The Labute approximate surface area is 122 Å². The van der Waals surface area contributed by atoms with E-state index in [1.54, 1.807) is 6.26 Å². The molecular weight excluding hydrogens is 250 g/mol. The largest absolute Gasteiger partial charge is 0.468 e. The van der Waals surface area contributed by atoms with Crippen LogP contribution in [0.4, 0.5) is 0 Å². The molecule has 2 unspecified atom stereocenters. The molecule has 1 saturated heterocycles. The maximum absolute atomic E-state index is 6.34. The van der Waals surface area contributed by atoms with E-state index in [-0.39, 0.29) is 17.6 Å². The Hall–Kier alpha value is -0.840. The minimum Gasteiger partial charge on any atom is -0.468 e. The van der Waals surface area contributed by atoms with Gasteiger partial charge in [-0.05, 0) is 39.3 Å². The van der Waals surface area contributed by atoms with Gasteiger partial charge in [0.1, 0.15) is 5.76 Å². The van der Waals surface area contributed by atoms with Crippen molar-refractivity contribution >= 4 is 0 Å². The van der Waals surface area contributed by atoms with Crippen LogP contribution in [0.2, 0.25) is 0 Å². The highest BCUT2D eigenvalue weighted by Crippen LogP contribution is 2.28. The van der Waals surface area contributed by atoms with E-state index in [9.17, 15) is 0 Å². The molecule has 4 nitrogen and oxygen atoms in total. The molecule has 2 heterocycles. The number of hydrogen-bond donors (Lipinski definition) is 1. The Balaban J connectivity index is 2.06. The first-order valence-corrected chi connectivity index (χ1v) is 7.71.